The summed E-state index contributed by atoms with van der Waals surface area (Å²) in [5.41, 5.74) is 0.707. The SMILES string of the molecule is CCC(C(=O)NC)N(Cc1c(Cl)cccc1Cl)C(=O)CN(c1ccc2c(c1)OCCO2)S(=O)(=O)CC. The lowest BCUT2D eigenvalue weighted by Gasteiger charge is -2.33. The lowest BCUT2D eigenvalue weighted by atomic mass is 10.1. The molecule has 1 heterocycles. The zero-order valence-corrected chi connectivity index (χ0v) is 22.6. The molecule has 3 rings (SSSR count). The number of hydrogen-bond acceptors (Lipinski definition) is 6. The highest BCUT2D eigenvalue weighted by Crippen LogP contribution is 2.35. The fourth-order valence-electron chi connectivity index (χ4n) is 3.85. The molecule has 0 saturated heterocycles. The molecule has 0 radical (unpaired) electrons. The Balaban J connectivity index is 2.02. The quantitative estimate of drug-likeness (QED) is 0.479. The Morgan fingerprint density at radius 2 is 1.69 bits per heavy atom. The van der Waals surface area contributed by atoms with Crippen LogP contribution in [0.5, 0.6) is 11.5 Å². The first kappa shape index (κ1) is 27.9. The summed E-state index contributed by atoms with van der Waals surface area (Å²) in [5.74, 6) is -0.339. The smallest absolute Gasteiger partial charge is 0.244 e. The summed E-state index contributed by atoms with van der Waals surface area (Å²) >= 11 is 12.7. The van der Waals surface area contributed by atoms with Crippen molar-refractivity contribution in [3.05, 3.63) is 52.0 Å². The Morgan fingerprint density at radius 1 is 1.06 bits per heavy atom. The van der Waals surface area contributed by atoms with Gasteiger partial charge in [0.2, 0.25) is 21.8 Å². The first-order valence-electron chi connectivity index (χ1n) is 11.5. The molecule has 0 spiro atoms. The largest absolute Gasteiger partial charge is 0.486 e. The molecule has 0 fully saturated rings. The lowest BCUT2D eigenvalue weighted by Crippen LogP contribution is -2.52. The van der Waals surface area contributed by atoms with Crippen LogP contribution in [-0.4, -0.2) is 63.7 Å². The third-order valence-corrected chi connectivity index (χ3v) is 8.26. The highest BCUT2D eigenvalue weighted by Gasteiger charge is 2.33. The van der Waals surface area contributed by atoms with Crippen molar-refractivity contribution in [1.29, 1.82) is 0 Å². The summed E-state index contributed by atoms with van der Waals surface area (Å²) in [7, 11) is -2.41. The second-order valence-electron chi connectivity index (χ2n) is 8.00. The number of nitrogens with one attached hydrogen (secondary N) is 1. The maximum absolute atomic E-state index is 13.7. The van der Waals surface area contributed by atoms with Crippen LogP contribution < -0.4 is 19.1 Å². The minimum absolute atomic E-state index is 0.0790. The van der Waals surface area contributed by atoms with Gasteiger partial charge < -0.3 is 19.7 Å². The van der Waals surface area contributed by atoms with Gasteiger partial charge in [-0.2, -0.15) is 0 Å². The normalized spacial score (nSPS) is 13.6. The molecule has 1 atom stereocenters. The summed E-state index contributed by atoms with van der Waals surface area (Å²) in [6, 6.07) is 8.76. The molecular weight excluding hydrogens is 529 g/mol. The van der Waals surface area contributed by atoms with Gasteiger partial charge in [0.15, 0.2) is 11.5 Å². The second kappa shape index (κ2) is 12.0. The van der Waals surface area contributed by atoms with Crippen molar-refractivity contribution in [3.63, 3.8) is 0 Å². The number of nitrogens with zero attached hydrogens (tertiary/aromatic N) is 2. The van der Waals surface area contributed by atoms with Crippen LogP contribution in [-0.2, 0) is 26.2 Å². The van der Waals surface area contributed by atoms with Gasteiger partial charge >= 0.3 is 0 Å². The Hall–Kier alpha value is -2.69. The van der Waals surface area contributed by atoms with Crippen LogP contribution in [0.1, 0.15) is 25.8 Å². The third kappa shape index (κ3) is 6.16. The zero-order chi connectivity index (χ0) is 26.5. The molecule has 0 aliphatic carbocycles. The molecule has 0 aromatic heterocycles. The van der Waals surface area contributed by atoms with Gasteiger partial charge in [0.05, 0.1) is 11.4 Å². The fraction of sp³-hybridized carbons (Fsp3) is 0.417. The fourth-order valence-corrected chi connectivity index (χ4v) is 5.42. The maximum atomic E-state index is 13.7. The number of amides is 2. The summed E-state index contributed by atoms with van der Waals surface area (Å²) in [5, 5.41) is 3.23. The van der Waals surface area contributed by atoms with Crippen LogP contribution in [0.25, 0.3) is 0 Å². The van der Waals surface area contributed by atoms with Crippen LogP contribution in [0.3, 0.4) is 0 Å². The number of rotatable bonds is 10. The third-order valence-electron chi connectivity index (χ3n) is 5.82. The number of carbonyl (C=O) groups is 2. The van der Waals surface area contributed by atoms with Gasteiger partial charge in [-0.3, -0.25) is 13.9 Å². The molecular formula is C24H29Cl2N3O6S. The molecule has 1 aliphatic heterocycles. The van der Waals surface area contributed by atoms with Crippen molar-refractivity contribution in [1.82, 2.24) is 10.2 Å². The molecule has 0 bridgehead atoms. The van der Waals surface area contributed by atoms with E-state index in [2.05, 4.69) is 5.32 Å². The van der Waals surface area contributed by atoms with Crippen LogP contribution in [0.2, 0.25) is 10.0 Å². The average Bonchev–Trinajstić information content (AvgIpc) is 2.88. The standard InChI is InChI=1S/C24H29Cl2N3O6S/c1-4-20(24(31)27-3)28(14-17-18(25)7-6-8-19(17)26)23(30)15-29(36(32,33)5-2)16-9-10-21-22(13-16)35-12-11-34-21/h6-10,13,20H,4-5,11-12,14-15H2,1-3H3,(H,27,31). The van der Waals surface area contributed by atoms with E-state index in [0.29, 0.717) is 40.3 Å². The number of ether oxygens (including phenoxy) is 2. The number of likely N-dealkylation sites (N-methyl/N-ethyl adjacent to an activating group) is 1. The van der Waals surface area contributed by atoms with Gasteiger partial charge in [0, 0.05) is 35.3 Å². The van der Waals surface area contributed by atoms with Crippen molar-refractivity contribution in [2.75, 3.05) is 36.9 Å². The molecule has 9 nitrogen and oxygen atoms in total. The molecule has 1 unspecified atom stereocenters. The topological polar surface area (TPSA) is 105 Å². The van der Waals surface area contributed by atoms with Crippen LogP contribution in [0, 0.1) is 0 Å². The molecule has 12 heteroatoms. The first-order valence-corrected chi connectivity index (χ1v) is 13.8. The molecule has 1 aliphatic rings. The van der Waals surface area contributed by atoms with E-state index in [-0.39, 0.29) is 24.4 Å². The van der Waals surface area contributed by atoms with Crippen LogP contribution >= 0.6 is 23.2 Å². The van der Waals surface area contributed by atoms with E-state index in [1.54, 1.807) is 37.3 Å². The number of sulfonamides is 1. The van der Waals surface area contributed by atoms with Gasteiger partial charge in [-0.15, -0.1) is 0 Å². The molecule has 196 valence electrons. The van der Waals surface area contributed by atoms with E-state index in [1.807, 2.05) is 0 Å². The van der Waals surface area contributed by atoms with Gasteiger partial charge in [-0.05, 0) is 37.6 Å². The minimum atomic E-state index is -3.88. The highest BCUT2D eigenvalue weighted by atomic mass is 35.5. The Labute approximate surface area is 221 Å². The Morgan fingerprint density at radius 3 is 2.28 bits per heavy atom. The number of halogens is 2. The van der Waals surface area contributed by atoms with Gasteiger partial charge in [0.1, 0.15) is 25.8 Å². The van der Waals surface area contributed by atoms with Crippen molar-refractivity contribution < 1.29 is 27.5 Å². The van der Waals surface area contributed by atoms with Crippen LogP contribution in [0.15, 0.2) is 36.4 Å². The van der Waals surface area contributed by atoms with E-state index in [1.165, 1.54) is 24.9 Å². The minimum Gasteiger partial charge on any atom is -0.486 e. The number of fused-ring (bicyclic) bond motifs is 1. The zero-order valence-electron chi connectivity index (χ0n) is 20.3. The van der Waals surface area contributed by atoms with Crippen molar-refractivity contribution in [2.24, 2.45) is 0 Å². The number of anilines is 1. The predicted octanol–water partition coefficient (Wildman–Crippen LogP) is 3.47. The number of carbonyl (C=O) groups excluding carboxylic acids is 2. The second-order valence-corrected chi connectivity index (χ2v) is 11.0. The number of hydrogen-bond donors (Lipinski definition) is 1. The summed E-state index contributed by atoms with van der Waals surface area (Å²) < 4.78 is 38.3. The Kier molecular flexibility index (Phi) is 9.32. The van der Waals surface area contributed by atoms with Gasteiger partial charge in [-0.25, -0.2) is 8.42 Å². The van der Waals surface area contributed by atoms with E-state index in [9.17, 15) is 18.0 Å². The lowest BCUT2D eigenvalue weighted by molar-refractivity contribution is -0.140. The van der Waals surface area contributed by atoms with Gasteiger partial charge in [0.25, 0.3) is 0 Å². The van der Waals surface area contributed by atoms with E-state index in [4.69, 9.17) is 32.7 Å². The predicted molar refractivity (Wildman–Crippen MR) is 139 cm³/mol. The van der Waals surface area contributed by atoms with Crippen molar-refractivity contribution in [3.8, 4) is 11.5 Å². The Bertz CT molecular complexity index is 1200. The number of benzene rings is 2. The molecule has 2 aromatic carbocycles. The molecule has 0 saturated carbocycles. The molecule has 2 amide bonds. The maximum Gasteiger partial charge on any atom is 0.244 e. The molecule has 36 heavy (non-hydrogen) atoms. The summed E-state index contributed by atoms with van der Waals surface area (Å²) in [6.07, 6.45) is 0.290. The monoisotopic (exact) mass is 557 g/mol. The summed E-state index contributed by atoms with van der Waals surface area (Å²) in [4.78, 5) is 27.7. The highest BCUT2D eigenvalue weighted by molar-refractivity contribution is 7.92. The molecule has 2 aromatic rings. The molecule has 1 N–H and O–H groups in total. The van der Waals surface area contributed by atoms with E-state index >= 15 is 0 Å². The summed E-state index contributed by atoms with van der Waals surface area (Å²) in [6.45, 7) is 3.35. The van der Waals surface area contributed by atoms with Crippen molar-refractivity contribution >= 4 is 50.7 Å². The van der Waals surface area contributed by atoms with E-state index in [0.717, 1.165) is 4.31 Å². The van der Waals surface area contributed by atoms with Gasteiger partial charge in [-0.1, -0.05) is 36.2 Å². The van der Waals surface area contributed by atoms with E-state index < -0.39 is 34.4 Å². The van der Waals surface area contributed by atoms with Crippen LogP contribution in [0.4, 0.5) is 5.69 Å². The average molecular weight is 558 g/mol. The first-order chi connectivity index (χ1) is 17.1. The van der Waals surface area contributed by atoms with Crippen molar-refractivity contribution in [2.45, 2.75) is 32.9 Å².